The van der Waals surface area contributed by atoms with Gasteiger partial charge in [0, 0.05) is 5.92 Å². The van der Waals surface area contributed by atoms with Gasteiger partial charge in [0.05, 0.1) is 11.5 Å². The number of hydrogen-bond donors (Lipinski definition) is 1. The smallest absolute Gasteiger partial charge is 0.161 e. The second-order valence-electron chi connectivity index (χ2n) is 6.93. The van der Waals surface area contributed by atoms with E-state index in [9.17, 15) is 9.90 Å². The van der Waals surface area contributed by atoms with Crippen LogP contribution in [-0.2, 0) is 4.79 Å². The monoisotopic (exact) mass is 234 g/mol. The number of carbonyl (C=O) groups is 1. The van der Waals surface area contributed by atoms with Gasteiger partial charge in [-0.1, -0.05) is 27.7 Å². The van der Waals surface area contributed by atoms with E-state index in [4.69, 9.17) is 0 Å². The van der Waals surface area contributed by atoms with Gasteiger partial charge in [-0.25, -0.2) is 0 Å². The molecule has 0 amide bonds. The fraction of sp³-hybridized carbons (Fsp3) is 0.800. The third-order valence-electron chi connectivity index (χ3n) is 5.81. The van der Waals surface area contributed by atoms with Crippen molar-refractivity contribution >= 4 is 5.78 Å². The van der Waals surface area contributed by atoms with E-state index in [0.29, 0.717) is 11.8 Å². The van der Waals surface area contributed by atoms with Gasteiger partial charge in [-0.05, 0) is 41.7 Å². The summed E-state index contributed by atoms with van der Waals surface area (Å²) < 4.78 is 0. The van der Waals surface area contributed by atoms with Crippen LogP contribution in [0.4, 0.5) is 0 Å². The van der Waals surface area contributed by atoms with Crippen LogP contribution in [0.2, 0.25) is 0 Å². The van der Waals surface area contributed by atoms with E-state index < -0.39 is 5.60 Å². The molecular weight excluding hydrogens is 212 g/mol. The topological polar surface area (TPSA) is 37.3 Å². The van der Waals surface area contributed by atoms with Gasteiger partial charge in [0.15, 0.2) is 5.78 Å². The lowest BCUT2D eigenvalue weighted by Gasteiger charge is -2.34. The Hall–Kier alpha value is -0.630. The molecule has 17 heavy (non-hydrogen) atoms. The van der Waals surface area contributed by atoms with Crippen LogP contribution in [0.5, 0.6) is 0 Å². The maximum absolute atomic E-state index is 11.9. The Morgan fingerprint density at radius 3 is 2.59 bits per heavy atom. The predicted molar refractivity (Wildman–Crippen MR) is 66.4 cm³/mol. The van der Waals surface area contributed by atoms with Crippen molar-refractivity contribution in [1.29, 1.82) is 0 Å². The number of fused-ring (bicyclic) bond motifs is 3. The van der Waals surface area contributed by atoms with Gasteiger partial charge >= 0.3 is 0 Å². The Labute approximate surface area is 103 Å². The van der Waals surface area contributed by atoms with E-state index in [-0.39, 0.29) is 23.0 Å². The van der Waals surface area contributed by atoms with Crippen molar-refractivity contribution in [1.82, 2.24) is 0 Å². The van der Waals surface area contributed by atoms with E-state index in [1.54, 1.807) is 6.08 Å². The first-order valence-electron chi connectivity index (χ1n) is 6.79. The van der Waals surface area contributed by atoms with Gasteiger partial charge in [0.1, 0.15) is 0 Å². The summed E-state index contributed by atoms with van der Waals surface area (Å²) in [6, 6.07) is 0. The molecule has 94 valence electrons. The molecule has 2 nitrogen and oxygen atoms in total. The average Bonchev–Trinajstić information content (AvgIpc) is 2.77. The Kier molecular flexibility index (Phi) is 2.04. The molecule has 3 rings (SSSR count). The molecule has 0 unspecified atom stereocenters. The Morgan fingerprint density at radius 2 is 1.94 bits per heavy atom. The van der Waals surface area contributed by atoms with Crippen molar-refractivity contribution < 1.29 is 9.90 Å². The summed E-state index contributed by atoms with van der Waals surface area (Å²) >= 11 is 0. The number of carbonyl (C=O) groups excluding carboxylic acids is 1. The molecule has 3 aliphatic rings. The van der Waals surface area contributed by atoms with Crippen molar-refractivity contribution in [3.05, 3.63) is 11.6 Å². The molecule has 2 fully saturated rings. The minimum Gasteiger partial charge on any atom is -0.384 e. The third-order valence-corrected chi connectivity index (χ3v) is 5.81. The Balaban J connectivity index is 2.10. The Bertz CT molecular complexity index is 421. The summed E-state index contributed by atoms with van der Waals surface area (Å²) in [5, 5.41) is 11.2. The third kappa shape index (κ3) is 1.17. The molecule has 0 bridgehead atoms. The summed E-state index contributed by atoms with van der Waals surface area (Å²) in [6.45, 7) is 8.53. The van der Waals surface area contributed by atoms with Gasteiger partial charge < -0.3 is 5.11 Å². The predicted octanol–water partition coefficient (Wildman–Crippen LogP) is 2.56. The maximum atomic E-state index is 11.9. The van der Waals surface area contributed by atoms with Crippen LogP contribution in [-0.4, -0.2) is 16.5 Å². The van der Waals surface area contributed by atoms with Crippen LogP contribution < -0.4 is 0 Å². The molecule has 0 saturated heterocycles. The molecule has 0 aromatic rings. The van der Waals surface area contributed by atoms with E-state index in [0.717, 1.165) is 12.0 Å². The molecule has 2 heteroatoms. The average molecular weight is 234 g/mol. The summed E-state index contributed by atoms with van der Waals surface area (Å²) in [5.41, 5.74) is 0.377. The second-order valence-corrected chi connectivity index (χ2v) is 6.93. The van der Waals surface area contributed by atoms with Gasteiger partial charge in [-0.2, -0.15) is 0 Å². The van der Waals surface area contributed by atoms with Gasteiger partial charge in [0.2, 0.25) is 0 Å². The highest BCUT2D eigenvalue weighted by Crippen LogP contribution is 2.70. The van der Waals surface area contributed by atoms with Gasteiger partial charge in [-0.15, -0.1) is 0 Å². The van der Waals surface area contributed by atoms with Gasteiger partial charge in [0.25, 0.3) is 0 Å². The van der Waals surface area contributed by atoms with Gasteiger partial charge in [-0.3, -0.25) is 4.79 Å². The van der Waals surface area contributed by atoms with E-state index in [1.165, 1.54) is 6.42 Å². The number of aliphatic hydroxyl groups is 1. The standard InChI is InChI=1S/C15H22O2/c1-8-5-6-10-13(14(10,3)4)15(17)9(2)12(16)7-11(8)15/h7-10,13,17H,5-6H2,1-4H3/t8-,9-,10-,13+,15-/m0/s1. The van der Waals surface area contributed by atoms with Crippen LogP contribution in [0.3, 0.4) is 0 Å². The molecule has 3 aliphatic carbocycles. The molecule has 0 radical (unpaired) electrons. The lowest BCUT2D eigenvalue weighted by atomic mass is 9.76. The Morgan fingerprint density at radius 1 is 1.29 bits per heavy atom. The molecular formula is C15H22O2. The zero-order valence-corrected chi connectivity index (χ0v) is 11.2. The van der Waals surface area contributed by atoms with Crippen molar-refractivity contribution in [2.75, 3.05) is 0 Å². The molecule has 0 aromatic carbocycles. The van der Waals surface area contributed by atoms with Crippen LogP contribution in [0.25, 0.3) is 0 Å². The van der Waals surface area contributed by atoms with Crippen molar-refractivity contribution in [3.63, 3.8) is 0 Å². The van der Waals surface area contributed by atoms with Crippen LogP contribution >= 0.6 is 0 Å². The highest BCUT2D eigenvalue weighted by atomic mass is 16.3. The van der Waals surface area contributed by atoms with Crippen LogP contribution in [0.1, 0.15) is 40.5 Å². The van der Waals surface area contributed by atoms with Crippen LogP contribution in [0, 0.1) is 29.1 Å². The lowest BCUT2D eigenvalue weighted by molar-refractivity contribution is -0.123. The summed E-state index contributed by atoms with van der Waals surface area (Å²) in [7, 11) is 0. The normalized spacial score (nSPS) is 51.4. The lowest BCUT2D eigenvalue weighted by Crippen LogP contribution is -2.42. The molecule has 0 aromatic heterocycles. The maximum Gasteiger partial charge on any atom is 0.161 e. The molecule has 1 N–H and O–H groups in total. The number of rotatable bonds is 0. The fourth-order valence-electron chi connectivity index (χ4n) is 4.59. The molecule has 0 spiro atoms. The largest absolute Gasteiger partial charge is 0.384 e. The minimum atomic E-state index is -0.846. The SMILES string of the molecule is C[C@H]1CC[C@H]2[C@H](C2(C)C)[C@@]2(O)C1=CC(=O)[C@@H]2C. The zero-order chi connectivity index (χ0) is 12.6. The van der Waals surface area contributed by atoms with Crippen LogP contribution in [0.15, 0.2) is 11.6 Å². The van der Waals surface area contributed by atoms with E-state index in [2.05, 4.69) is 20.8 Å². The first-order chi connectivity index (χ1) is 7.81. The van der Waals surface area contributed by atoms with E-state index in [1.807, 2.05) is 6.92 Å². The highest BCUT2D eigenvalue weighted by Gasteiger charge is 2.71. The highest BCUT2D eigenvalue weighted by molar-refractivity contribution is 5.97. The molecule has 5 atom stereocenters. The minimum absolute atomic E-state index is 0.123. The number of hydrogen-bond acceptors (Lipinski definition) is 2. The summed E-state index contributed by atoms with van der Waals surface area (Å²) in [6.07, 6.45) is 4.05. The summed E-state index contributed by atoms with van der Waals surface area (Å²) in [4.78, 5) is 11.9. The first-order valence-corrected chi connectivity index (χ1v) is 6.79. The quantitative estimate of drug-likeness (QED) is 0.699. The first kappa shape index (κ1) is 11.5. The molecule has 0 aliphatic heterocycles. The van der Waals surface area contributed by atoms with Crippen molar-refractivity contribution in [2.45, 2.75) is 46.1 Å². The second kappa shape index (κ2) is 3.03. The fourth-order valence-corrected chi connectivity index (χ4v) is 4.59. The zero-order valence-electron chi connectivity index (χ0n) is 11.2. The molecule has 2 saturated carbocycles. The van der Waals surface area contributed by atoms with E-state index >= 15 is 0 Å². The molecule has 0 heterocycles. The van der Waals surface area contributed by atoms with Crippen molar-refractivity contribution in [2.24, 2.45) is 29.1 Å². The number of allylic oxidation sites excluding steroid dienone is 1. The number of ketones is 1. The van der Waals surface area contributed by atoms with Crippen molar-refractivity contribution in [3.8, 4) is 0 Å². The summed E-state index contributed by atoms with van der Waals surface area (Å²) in [5.74, 6) is 1.12.